The van der Waals surface area contributed by atoms with Crippen LogP contribution in [-0.4, -0.2) is 4.57 Å². The van der Waals surface area contributed by atoms with Crippen LogP contribution in [0.25, 0.3) is 82.8 Å². The van der Waals surface area contributed by atoms with E-state index in [9.17, 15) is 0 Å². The van der Waals surface area contributed by atoms with Crippen molar-refractivity contribution in [1.82, 2.24) is 4.57 Å². The summed E-state index contributed by atoms with van der Waals surface area (Å²) in [6, 6.07) is 88.1. The van der Waals surface area contributed by atoms with Crippen molar-refractivity contribution in [2.45, 2.75) is 0 Å². The predicted octanol–water partition coefficient (Wildman–Crippen LogP) is 16.1. The number of hydrogen-bond donors (Lipinski definition) is 0. The summed E-state index contributed by atoms with van der Waals surface area (Å²) in [7, 11) is 0. The maximum absolute atomic E-state index is 2.47. The molecule has 2 nitrogen and oxygen atoms in total. The minimum absolute atomic E-state index is 1.06. The lowest BCUT2D eigenvalue weighted by atomic mass is 9.87. The molecular weight excluding hydrogens is 725 g/mol. The van der Waals surface area contributed by atoms with Gasteiger partial charge in [0.2, 0.25) is 0 Å². The van der Waals surface area contributed by atoms with Gasteiger partial charge in [-0.2, -0.15) is 0 Å². The highest BCUT2D eigenvalue weighted by atomic mass is 15.1. The lowest BCUT2D eigenvalue weighted by molar-refractivity contribution is 1.17. The van der Waals surface area contributed by atoms with E-state index in [0.29, 0.717) is 0 Å². The summed E-state index contributed by atoms with van der Waals surface area (Å²) in [4.78, 5) is 2.47. The van der Waals surface area contributed by atoms with E-state index in [2.05, 4.69) is 252 Å². The lowest BCUT2D eigenvalue weighted by Crippen LogP contribution is -2.12. The zero-order valence-electron chi connectivity index (χ0n) is 33.0. The van der Waals surface area contributed by atoms with Crippen molar-refractivity contribution < 1.29 is 0 Å². The first-order chi connectivity index (χ1) is 29.8. The van der Waals surface area contributed by atoms with Crippen molar-refractivity contribution >= 4 is 49.6 Å². The Morgan fingerprint density at radius 3 is 1.52 bits per heavy atom. The summed E-state index contributed by atoms with van der Waals surface area (Å²) < 4.78 is 2.41. The molecular formula is C58H40N2. The van der Waals surface area contributed by atoms with Gasteiger partial charge in [0.25, 0.3) is 0 Å². The van der Waals surface area contributed by atoms with Crippen molar-refractivity contribution in [2.24, 2.45) is 0 Å². The van der Waals surface area contributed by atoms with Crippen molar-refractivity contribution in [2.75, 3.05) is 4.90 Å². The Kier molecular flexibility index (Phi) is 8.87. The molecule has 2 heteroatoms. The molecule has 60 heavy (non-hydrogen) atoms. The van der Waals surface area contributed by atoms with Gasteiger partial charge in [-0.3, -0.25) is 0 Å². The van der Waals surface area contributed by atoms with Crippen molar-refractivity contribution in [3.05, 3.63) is 243 Å². The van der Waals surface area contributed by atoms with Gasteiger partial charge in [-0.15, -0.1) is 0 Å². The predicted molar refractivity (Wildman–Crippen MR) is 255 cm³/mol. The molecule has 0 unspecified atom stereocenters. The quantitative estimate of drug-likeness (QED) is 0.150. The molecule has 0 aliphatic carbocycles. The zero-order chi connectivity index (χ0) is 39.8. The average Bonchev–Trinajstić information content (AvgIpc) is 3.67. The standard InChI is InChI=1S/C58H40N2/c1-3-19-41(20-4-1)49-30-9-10-33-54(49)58-51(43-21-5-2-6-22-43)35-18-38-57(58)59(45-26-15-25-44(39-45)50-34-16-24-42-23-7-8-29-48(42)50)46-27-17-28-47(40-46)60-55-36-13-11-31-52(55)53-32-12-14-37-56(53)60/h1-40H. The summed E-state index contributed by atoms with van der Waals surface area (Å²) in [6.07, 6.45) is 0. The molecule has 0 spiro atoms. The monoisotopic (exact) mass is 764 g/mol. The maximum Gasteiger partial charge on any atom is 0.0546 e. The Labute approximate surface area is 350 Å². The Morgan fingerprint density at radius 2 is 0.783 bits per heavy atom. The van der Waals surface area contributed by atoms with Crippen molar-refractivity contribution in [1.29, 1.82) is 0 Å². The molecule has 1 aromatic heterocycles. The molecule has 0 saturated heterocycles. The Balaban J connectivity index is 1.21. The first-order valence-corrected chi connectivity index (χ1v) is 20.6. The molecule has 11 aromatic rings. The van der Waals surface area contributed by atoms with Gasteiger partial charge in [-0.05, 0) is 98.2 Å². The molecule has 0 atom stereocenters. The second kappa shape index (κ2) is 15.1. The molecule has 0 N–H and O–H groups in total. The van der Waals surface area contributed by atoms with Crippen LogP contribution in [0, 0.1) is 0 Å². The zero-order valence-corrected chi connectivity index (χ0v) is 33.0. The minimum atomic E-state index is 1.06. The largest absolute Gasteiger partial charge is 0.310 e. The van der Waals surface area contributed by atoms with Crippen LogP contribution in [-0.2, 0) is 0 Å². The molecule has 0 fully saturated rings. The number of hydrogen-bond acceptors (Lipinski definition) is 1. The van der Waals surface area contributed by atoms with Crippen LogP contribution in [0.1, 0.15) is 0 Å². The summed E-state index contributed by atoms with van der Waals surface area (Å²) in [5, 5.41) is 4.95. The number of benzene rings is 10. The third-order valence-corrected chi connectivity index (χ3v) is 11.8. The van der Waals surface area contributed by atoms with Crippen LogP contribution in [0.4, 0.5) is 17.1 Å². The summed E-state index contributed by atoms with van der Waals surface area (Å²) in [5.74, 6) is 0. The van der Waals surface area contributed by atoms with Crippen LogP contribution in [0.15, 0.2) is 243 Å². The SMILES string of the molecule is c1ccc(-c2ccccc2-c2c(-c3ccccc3)cccc2N(c2cccc(-c3cccc4ccccc34)c2)c2cccc(-n3c4ccccc4c4ccccc43)c2)cc1. The van der Waals surface area contributed by atoms with E-state index in [1.165, 1.54) is 77.1 Å². The molecule has 1 heterocycles. The lowest BCUT2D eigenvalue weighted by Gasteiger charge is -2.30. The van der Waals surface area contributed by atoms with Crippen LogP contribution in [0.2, 0.25) is 0 Å². The van der Waals surface area contributed by atoms with Gasteiger partial charge >= 0.3 is 0 Å². The molecule has 0 bridgehead atoms. The van der Waals surface area contributed by atoms with Crippen LogP contribution in [0.3, 0.4) is 0 Å². The molecule has 282 valence electrons. The van der Waals surface area contributed by atoms with E-state index in [-0.39, 0.29) is 0 Å². The van der Waals surface area contributed by atoms with E-state index in [1.807, 2.05) is 0 Å². The highest BCUT2D eigenvalue weighted by molar-refractivity contribution is 6.09. The first kappa shape index (κ1) is 35.2. The normalized spacial score (nSPS) is 11.3. The van der Waals surface area contributed by atoms with Gasteiger partial charge in [-0.1, -0.05) is 194 Å². The fourth-order valence-electron chi connectivity index (χ4n) is 9.13. The van der Waals surface area contributed by atoms with E-state index >= 15 is 0 Å². The smallest absolute Gasteiger partial charge is 0.0546 e. The minimum Gasteiger partial charge on any atom is -0.310 e. The van der Waals surface area contributed by atoms with Crippen molar-refractivity contribution in [3.8, 4) is 50.2 Å². The molecule has 11 rings (SSSR count). The molecule has 0 aliphatic heterocycles. The second-order valence-corrected chi connectivity index (χ2v) is 15.3. The summed E-state index contributed by atoms with van der Waals surface area (Å²) in [5.41, 5.74) is 16.1. The van der Waals surface area contributed by atoms with Crippen LogP contribution < -0.4 is 4.90 Å². The van der Waals surface area contributed by atoms with E-state index in [1.54, 1.807) is 0 Å². The van der Waals surface area contributed by atoms with Gasteiger partial charge in [0, 0.05) is 33.4 Å². The fourth-order valence-corrected chi connectivity index (χ4v) is 9.13. The number of rotatable bonds is 8. The average molecular weight is 765 g/mol. The number of fused-ring (bicyclic) bond motifs is 4. The second-order valence-electron chi connectivity index (χ2n) is 15.3. The van der Waals surface area contributed by atoms with Crippen molar-refractivity contribution in [3.63, 3.8) is 0 Å². The molecule has 10 aromatic carbocycles. The highest BCUT2D eigenvalue weighted by Gasteiger charge is 2.24. The van der Waals surface area contributed by atoms with Gasteiger partial charge < -0.3 is 9.47 Å². The summed E-state index contributed by atoms with van der Waals surface area (Å²) >= 11 is 0. The Bertz CT molecular complexity index is 3270. The van der Waals surface area contributed by atoms with E-state index in [0.717, 1.165) is 22.7 Å². The fraction of sp³-hybridized carbons (Fsp3) is 0. The van der Waals surface area contributed by atoms with Gasteiger partial charge in [0.05, 0.1) is 16.7 Å². The van der Waals surface area contributed by atoms with Crippen LogP contribution in [0.5, 0.6) is 0 Å². The molecule has 0 aliphatic rings. The number of nitrogens with zero attached hydrogens (tertiary/aromatic N) is 2. The third kappa shape index (κ3) is 6.14. The highest BCUT2D eigenvalue weighted by Crippen LogP contribution is 2.49. The van der Waals surface area contributed by atoms with Gasteiger partial charge in [0.1, 0.15) is 0 Å². The number of anilines is 3. The van der Waals surface area contributed by atoms with E-state index in [4.69, 9.17) is 0 Å². The van der Waals surface area contributed by atoms with Gasteiger partial charge in [-0.25, -0.2) is 0 Å². The summed E-state index contributed by atoms with van der Waals surface area (Å²) in [6.45, 7) is 0. The number of aromatic nitrogens is 1. The molecule has 0 saturated carbocycles. The Hall–Kier alpha value is -7.94. The first-order valence-electron chi connectivity index (χ1n) is 20.6. The Morgan fingerprint density at radius 1 is 0.300 bits per heavy atom. The third-order valence-electron chi connectivity index (χ3n) is 11.8. The topological polar surface area (TPSA) is 8.17 Å². The van der Waals surface area contributed by atoms with E-state index < -0.39 is 0 Å². The molecule has 0 amide bonds. The maximum atomic E-state index is 2.47. The molecule has 0 radical (unpaired) electrons. The van der Waals surface area contributed by atoms with Gasteiger partial charge in [0.15, 0.2) is 0 Å². The van der Waals surface area contributed by atoms with Crippen LogP contribution >= 0.6 is 0 Å². The number of para-hydroxylation sites is 2.